The van der Waals surface area contributed by atoms with Crippen LogP contribution < -0.4 is 0 Å². The molecule has 36 heavy (non-hydrogen) atoms. The summed E-state index contributed by atoms with van der Waals surface area (Å²) in [6.07, 6.45) is -13.5. The fourth-order valence-corrected chi connectivity index (χ4v) is 4.02. The molecular weight excluding hydrogens is 482 g/mol. The highest BCUT2D eigenvalue weighted by molar-refractivity contribution is 5.13. The Balaban J connectivity index is 1.65. The predicted molar refractivity (Wildman–Crippen MR) is 120 cm³/mol. The van der Waals surface area contributed by atoms with Crippen LogP contribution >= 0.6 is 0 Å². The lowest BCUT2D eigenvalue weighted by atomic mass is 9.96. The van der Waals surface area contributed by atoms with Gasteiger partial charge in [0.15, 0.2) is 12.6 Å². The van der Waals surface area contributed by atoms with E-state index >= 15 is 0 Å². The van der Waals surface area contributed by atoms with Gasteiger partial charge in [-0.25, -0.2) is 0 Å². The molecule has 0 unspecified atom stereocenters. The molecule has 0 radical (unpaired) electrons. The van der Waals surface area contributed by atoms with Crippen molar-refractivity contribution >= 4 is 0 Å². The molecular formula is C22H33N3O11. The third kappa shape index (κ3) is 7.10. The van der Waals surface area contributed by atoms with E-state index in [1.54, 1.807) is 24.3 Å². The van der Waals surface area contributed by atoms with Gasteiger partial charge in [-0.15, -0.1) is 0 Å². The average Bonchev–Trinajstić information content (AvgIpc) is 2.89. The monoisotopic (exact) mass is 515 g/mol. The number of aliphatic hydroxyl groups is 6. The first-order valence-electron chi connectivity index (χ1n) is 11.6. The first kappa shape index (κ1) is 28.7. The zero-order valence-electron chi connectivity index (χ0n) is 19.5. The van der Waals surface area contributed by atoms with Crippen molar-refractivity contribution in [3.63, 3.8) is 0 Å². The molecule has 2 fully saturated rings. The summed E-state index contributed by atoms with van der Waals surface area (Å²) in [6.45, 7) is -0.968. The van der Waals surface area contributed by atoms with Crippen molar-refractivity contribution in [2.24, 2.45) is 5.11 Å². The van der Waals surface area contributed by atoms with Crippen LogP contribution in [-0.4, -0.2) is 118 Å². The van der Waals surface area contributed by atoms with Crippen LogP contribution in [0.1, 0.15) is 12.0 Å². The summed E-state index contributed by atoms with van der Waals surface area (Å²) in [7, 11) is 0. The fraction of sp³-hybridized carbons (Fsp3) is 0.727. The quantitative estimate of drug-likeness (QED) is 0.0819. The van der Waals surface area contributed by atoms with Crippen LogP contribution in [-0.2, 0) is 30.3 Å². The van der Waals surface area contributed by atoms with Gasteiger partial charge in [0.1, 0.15) is 48.8 Å². The summed E-state index contributed by atoms with van der Waals surface area (Å²) in [5.41, 5.74) is 9.08. The third-order valence-electron chi connectivity index (χ3n) is 5.97. The molecule has 2 aliphatic rings. The maximum absolute atomic E-state index is 10.8. The highest BCUT2D eigenvalue weighted by atomic mass is 16.7. The van der Waals surface area contributed by atoms with Crippen LogP contribution in [0.5, 0.6) is 0 Å². The van der Waals surface area contributed by atoms with Crippen LogP contribution in [0.25, 0.3) is 10.4 Å². The number of hydrogen-bond donors (Lipinski definition) is 6. The molecule has 2 heterocycles. The van der Waals surface area contributed by atoms with E-state index in [4.69, 9.17) is 29.2 Å². The van der Waals surface area contributed by atoms with Crippen LogP contribution in [0, 0.1) is 0 Å². The van der Waals surface area contributed by atoms with Crippen LogP contribution in [0.4, 0.5) is 0 Å². The maximum Gasteiger partial charge on any atom is 0.187 e. The minimum atomic E-state index is -1.61. The average molecular weight is 516 g/mol. The van der Waals surface area contributed by atoms with Crippen molar-refractivity contribution in [3.05, 3.63) is 46.3 Å². The van der Waals surface area contributed by atoms with Gasteiger partial charge >= 0.3 is 0 Å². The van der Waals surface area contributed by atoms with Gasteiger partial charge in [0.25, 0.3) is 0 Å². The zero-order chi connectivity index (χ0) is 26.1. The Morgan fingerprint density at radius 1 is 0.833 bits per heavy atom. The second-order valence-electron chi connectivity index (χ2n) is 8.45. The summed E-state index contributed by atoms with van der Waals surface area (Å²) in [5, 5.41) is 65.4. The normalized spacial score (nSPS) is 36.8. The Hall–Kier alpha value is -1.91. The van der Waals surface area contributed by atoms with Crippen molar-refractivity contribution in [2.75, 3.05) is 26.4 Å². The molecule has 0 aliphatic carbocycles. The van der Waals surface area contributed by atoms with Crippen molar-refractivity contribution in [2.45, 2.75) is 74.4 Å². The molecule has 0 aromatic heterocycles. The molecule has 0 amide bonds. The molecule has 0 bridgehead atoms. The molecule has 0 saturated carbocycles. The fourth-order valence-electron chi connectivity index (χ4n) is 4.02. The van der Waals surface area contributed by atoms with Gasteiger partial charge in [0.05, 0.1) is 19.8 Å². The lowest BCUT2D eigenvalue weighted by molar-refractivity contribution is -0.362. The second-order valence-corrected chi connectivity index (χ2v) is 8.45. The highest BCUT2D eigenvalue weighted by Crippen LogP contribution is 2.30. The van der Waals surface area contributed by atoms with Gasteiger partial charge < -0.3 is 54.3 Å². The van der Waals surface area contributed by atoms with Crippen molar-refractivity contribution in [1.29, 1.82) is 0 Å². The Bertz CT molecular complexity index is 829. The van der Waals surface area contributed by atoms with Gasteiger partial charge in [-0.1, -0.05) is 35.4 Å². The van der Waals surface area contributed by atoms with E-state index in [2.05, 4.69) is 10.0 Å². The van der Waals surface area contributed by atoms with Gasteiger partial charge in [0, 0.05) is 18.1 Å². The standard InChI is InChI=1S/C22H33N3O11/c23-25-24-7-4-8-32-21-17(30)16(29)19(14(10-27)35-21)36-22-18(31)20(15(28)13(9-26)34-22)33-11-12-5-2-1-3-6-12/h1-3,5-6,13-22,26-31H,4,7-11H2/t13-,14-,15+,16-,17-,18-,19-,20+,21-,22+/m1/s1. The number of azide groups is 1. The number of nitrogens with zero attached hydrogens (tertiary/aromatic N) is 3. The topological polar surface area (TPSA) is 216 Å². The third-order valence-corrected chi connectivity index (χ3v) is 5.97. The summed E-state index contributed by atoms with van der Waals surface area (Å²) in [6, 6.07) is 9.04. The number of ether oxygens (including phenoxy) is 5. The van der Waals surface area contributed by atoms with Crippen LogP contribution in [0.3, 0.4) is 0 Å². The Morgan fingerprint density at radius 3 is 2.19 bits per heavy atom. The molecule has 6 N–H and O–H groups in total. The number of aliphatic hydroxyl groups excluding tert-OH is 6. The van der Waals surface area contributed by atoms with Crippen molar-refractivity contribution in [3.8, 4) is 0 Å². The van der Waals surface area contributed by atoms with Crippen LogP contribution in [0.2, 0.25) is 0 Å². The van der Waals surface area contributed by atoms with Gasteiger partial charge in [-0.05, 0) is 17.5 Å². The summed E-state index contributed by atoms with van der Waals surface area (Å²) >= 11 is 0. The van der Waals surface area contributed by atoms with E-state index < -0.39 is 74.6 Å². The molecule has 14 heteroatoms. The first-order chi connectivity index (χ1) is 17.4. The zero-order valence-corrected chi connectivity index (χ0v) is 19.5. The number of rotatable bonds is 12. The predicted octanol–water partition coefficient (Wildman–Crippen LogP) is -1.45. The molecule has 0 spiro atoms. The van der Waals surface area contributed by atoms with E-state index in [1.165, 1.54) is 0 Å². The molecule has 1 aromatic rings. The van der Waals surface area contributed by atoms with E-state index in [1.807, 2.05) is 6.07 Å². The number of benzene rings is 1. The second kappa shape index (κ2) is 14.1. The van der Waals surface area contributed by atoms with Crippen molar-refractivity contribution < 1.29 is 54.3 Å². The molecule has 2 aliphatic heterocycles. The Kier molecular flexibility index (Phi) is 11.3. The molecule has 202 valence electrons. The SMILES string of the molecule is [N-]=[N+]=NCCCO[C@@H]1O[C@H](CO)[C@@H](O[C@@H]2O[C@H](CO)[C@H](O)[C@H](OCc3ccccc3)[C@H]2O)[C@H](O)[C@H]1O. The Morgan fingerprint density at radius 2 is 1.53 bits per heavy atom. The van der Waals surface area contributed by atoms with E-state index in [0.29, 0.717) is 6.42 Å². The minimum absolute atomic E-state index is 0.0519. The number of hydrogen-bond acceptors (Lipinski definition) is 12. The van der Waals surface area contributed by atoms with Crippen LogP contribution in [0.15, 0.2) is 35.4 Å². The van der Waals surface area contributed by atoms with Gasteiger partial charge in [-0.3, -0.25) is 0 Å². The molecule has 2 saturated heterocycles. The van der Waals surface area contributed by atoms with Crippen molar-refractivity contribution in [1.82, 2.24) is 0 Å². The lowest BCUT2D eigenvalue weighted by Gasteiger charge is -2.46. The molecule has 10 atom stereocenters. The lowest BCUT2D eigenvalue weighted by Crippen LogP contribution is -2.65. The van der Waals surface area contributed by atoms with E-state index in [-0.39, 0.29) is 19.8 Å². The van der Waals surface area contributed by atoms with E-state index in [9.17, 15) is 30.6 Å². The Labute approximate surface area is 207 Å². The minimum Gasteiger partial charge on any atom is -0.394 e. The largest absolute Gasteiger partial charge is 0.394 e. The van der Waals surface area contributed by atoms with Gasteiger partial charge in [0.2, 0.25) is 0 Å². The smallest absolute Gasteiger partial charge is 0.187 e. The molecule has 1 aromatic carbocycles. The summed E-state index contributed by atoms with van der Waals surface area (Å²) in [4.78, 5) is 2.62. The molecule has 3 rings (SSSR count). The van der Waals surface area contributed by atoms with E-state index in [0.717, 1.165) is 5.56 Å². The van der Waals surface area contributed by atoms with Gasteiger partial charge in [-0.2, -0.15) is 0 Å². The molecule has 14 nitrogen and oxygen atoms in total. The summed E-state index contributed by atoms with van der Waals surface area (Å²) < 4.78 is 27.9. The first-order valence-corrected chi connectivity index (χ1v) is 11.6. The summed E-state index contributed by atoms with van der Waals surface area (Å²) in [5.74, 6) is 0. The highest BCUT2D eigenvalue weighted by Gasteiger charge is 2.51. The maximum atomic E-state index is 10.8.